The summed E-state index contributed by atoms with van der Waals surface area (Å²) in [6.45, 7) is 0.897. The van der Waals surface area contributed by atoms with Crippen LogP contribution in [0.3, 0.4) is 0 Å². The van der Waals surface area contributed by atoms with E-state index in [2.05, 4.69) is 15.5 Å². The average Bonchev–Trinajstić information content (AvgIpc) is 3.29. The highest BCUT2D eigenvalue weighted by Gasteiger charge is 2.31. The Hall–Kier alpha value is -3.27. The summed E-state index contributed by atoms with van der Waals surface area (Å²) in [5.41, 5.74) is 0.0935. The van der Waals surface area contributed by atoms with E-state index in [1.165, 1.54) is 19.2 Å². The van der Waals surface area contributed by atoms with Gasteiger partial charge >= 0.3 is 12.2 Å². The molecule has 1 fully saturated rings. The molecule has 1 saturated heterocycles. The zero-order valence-electron chi connectivity index (χ0n) is 17.5. The second-order valence-electron chi connectivity index (χ2n) is 7.58. The van der Waals surface area contributed by atoms with Gasteiger partial charge in [-0.15, -0.1) is 10.2 Å². The Morgan fingerprint density at radius 1 is 1.21 bits per heavy atom. The normalized spacial score (nSPS) is 16.5. The first-order valence-electron chi connectivity index (χ1n) is 10.1. The first kappa shape index (κ1) is 22.9. The number of methoxy groups -OCH3 is 1. The van der Waals surface area contributed by atoms with Crippen molar-refractivity contribution in [2.45, 2.75) is 24.9 Å². The summed E-state index contributed by atoms with van der Waals surface area (Å²) in [6.07, 6.45) is -2.96. The number of piperidine rings is 1. The maximum absolute atomic E-state index is 12.8. The fourth-order valence-electron chi connectivity index (χ4n) is 3.65. The lowest BCUT2D eigenvalue weighted by molar-refractivity contribution is -0.137. The lowest BCUT2D eigenvalue weighted by atomic mass is 9.98. The first-order valence-corrected chi connectivity index (χ1v) is 10.5. The minimum Gasteiger partial charge on any atom is -0.495 e. The first-order chi connectivity index (χ1) is 15.7. The molecule has 0 aliphatic carbocycles. The van der Waals surface area contributed by atoms with Crippen LogP contribution in [0, 0.1) is 0 Å². The van der Waals surface area contributed by atoms with Gasteiger partial charge in [-0.3, -0.25) is 0 Å². The molecule has 2 amide bonds. The zero-order valence-corrected chi connectivity index (χ0v) is 18.3. The number of hydrogen-bond donors (Lipinski definition) is 1. The molecule has 7 nitrogen and oxygen atoms in total. The van der Waals surface area contributed by atoms with Crippen molar-refractivity contribution < 1.29 is 27.1 Å². The van der Waals surface area contributed by atoms with Gasteiger partial charge < -0.3 is 19.4 Å². The highest BCUT2D eigenvalue weighted by atomic mass is 35.5. The molecule has 0 radical (unpaired) electrons. The summed E-state index contributed by atoms with van der Waals surface area (Å²) < 4.78 is 49.3. The van der Waals surface area contributed by atoms with Crippen LogP contribution in [0.4, 0.5) is 23.7 Å². The van der Waals surface area contributed by atoms with Crippen molar-refractivity contribution >= 4 is 23.3 Å². The fourth-order valence-corrected chi connectivity index (χ4v) is 3.83. The molecule has 3 aromatic rings. The molecular weight excluding hydrogens is 461 g/mol. The van der Waals surface area contributed by atoms with Crippen LogP contribution in [0.5, 0.6) is 5.75 Å². The van der Waals surface area contributed by atoms with Crippen molar-refractivity contribution in [1.82, 2.24) is 15.1 Å². The van der Waals surface area contributed by atoms with Crippen LogP contribution in [-0.4, -0.2) is 41.3 Å². The second-order valence-corrected chi connectivity index (χ2v) is 8.02. The van der Waals surface area contributed by atoms with Gasteiger partial charge in [0.15, 0.2) is 0 Å². The van der Waals surface area contributed by atoms with Crippen LogP contribution in [0.2, 0.25) is 5.02 Å². The van der Waals surface area contributed by atoms with Crippen LogP contribution in [0.1, 0.15) is 30.2 Å². The Morgan fingerprint density at radius 3 is 2.67 bits per heavy atom. The molecule has 1 atom stereocenters. The monoisotopic (exact) mass is 480 g/mol. The van der Waals surface area contributed by atoms with E-state index >= 15 is 0 Å². The highest BCUT2D eigenvalue weighted by molar-refractivity contribution is 6.31. The van der Waals surface area contributed by atoms with Gasteiger partial charge in [-0.1, -0.05) is 11.6 Å². The number of nitrogens with zero attached hydrogens (tertiary/aromatic N) is 3. The number of amides is 2. The molecule has 0 bridgehead atoms. The van der Waals surface area contributed by atoms with Gasteiger partial charge in [-0.05, 0) is 55.3 Å². The van der Waals surface area contributed by atoms with Crippen LogP contribution in [0.25, 0.3) is 11.5 Å². The predicted octanol–water partition coefficient (Wildman–Crippen LogP) is 5.83. The molecule has 1 N–H and O–H groups in total. The van der Waals surface area contributed by atoms with Crippen LogP contribution in [0.15, 0.2) is 46.9 Å². The predicted molar refractivity (Wildman–Crippen MR) is 115 cm³/mol. The van der Waals surface area contributed by atoms with Gasteiger partial charge in [0.05, 0.1) is 24.3 Å². The van der Waals surface area contributed by atoms with Gasteiger partial charge in [0.2, 0.25) is 11.8 Å². The molecule has 2 aromatic carbocycles. The number of alkyl halides is 3. The number of rotatable bonds is 4. The summed E-state index contributed by atoms with van der Waals surface area (Å²) in [4.78, 5) is 14.5. The van der Waals surface area contributed by atoms with Crippen LogP contribution >= 0.6 is 11.6 Å². The number of urea groups is 1. The van der Waals surface area contributed by atoms with Crippen molar-refractivity contribution in [3.05, 3.63) is 58.9 Å². The topological polar surface area (TPSA) is 80.5 Å². The van der Waals surface area contributed by atoms with E-state index in [9.17, 15) is 18.0 Å². The third-order valence-corrected chi connectivity index (χ3v) is 5.60. The van der Waals surface area contributed by atoms with Gasteiger partial charge in [0.25, 0.3) is 0 Å². The summed E-state index contributed by atoms with van der Waals surface area (Å²) in [7, 11) is 1.50. The number of likely N-dealkylation sites (tertiary alicyclic amines) is 1. The maximum Gasteiger partial charge on any atom is 0.416 e. The van der Waals surface area contributed by atoms with E-state index in [1.54, 1.807) is 23.1 Å². The van der Waals surface area contributed by atoms with E-state index in [0.29, 0.717) is 41.0 Å². The smallest absolute Gasteiger partial charge is 0.416 e. The molecule has 174 valence electrons. The third kappa shape index (κ3) is 5.22. The molecule has 0 spiro atoms. The number of nitrogens with one attached hydrogen (secondary N) is 1. The van der Waals surface area contributed by atoms with Crippen molar-refractivity contribution in [3.8, 4) is 17.2 Å². The summed E-state index contributed by atoms with van der Waals surface area (Å²) in [5.74, 6) is 0.757. The van der Waals surface area contributed by atoms with E-state index in [4.69, 9.17) is 20.8 Å². The summed E-state index contributed by atoms with van der Waals surface area (Å²) >= 11 is 6.03. The lowest BCUT2D eigenvalue weighted by Gasteiger charge is -2.31. The van der Waals surface area contributed by atoms with E-state index in [1.807, 2.05) is 0 Å². The number of benzene rings is 2. The third-order valence-electron chi connectivity index (χ3n) is 5.36. The van der Waals surface area contributed by atoms with Gasteiger partial charge in [-0.2, -0.15) is 13.2 Å². The van der Waals surface area contributed by atoms with Gasteiger partial charge in [0, 0.05) is 23.7 Å². The minimum atomic E-state index is -4.42. The fraction of sp³-hybridized carbons (Fsp3) is 0.318. The largest absolute Gasteiger partial charge is 0.495 e. The van der Waals surface area contributed by atoms with Crippen LogP contribution < -0.4 is 10.1 Å². The molecule has 11 heteroatoms. The molecule has 1 unspecified atom stereocenters. The van der Waals surface area contributed by atoms with Gasteiger partial charge in [-0.25, -0.2) is 4.79 Å². The Balaban J connectivity index is 1.44. The van der Waals surface area contributed by atoms with Crippen molar-refractivity contribution in [1.29, 1.82) is 0 Å². The Kier molecular flexibility index (Phi) is 6.46. The Labute approximate surface area is 192 Å². The number of anilines is 1. The summed E-state index contributed by atoms with van der Waals surface area (Å²) in [6, 6.07) is 9.13. The molecule has 1 aliphatic rings. The number of hydrogen-bond acceptors (Lipinski definition) is 5. The molecule has 1 aliphatic heterocycles. The van der Waals surface area contributed by atoms with E-state index < -0.39 is 11.7 Å². The van der Waals surface area contributed by atoms with Crippen molar-refractivity contribution in [2.75, 3.05) is 25.5 Å². The average molecular weight is 481 g/mol. The van der Waals surface area contributed by atoms with E-state index in [0.717, 1.165) is 25.0 Å². The zero-order chi connectivity index (χ0) is 23.6. The quantitative estimate of drug-likeness (QED) is 0.508. The number of aromatic nitrogens is 2. The minimum absolute atomic E-state index is 0.129. The summed E-state index contributed by atoms with van der Waals surface area (Å²) in [5, 5.41) is 11.3. The Morgan fingerprint density at radius 2 is 1.97 bits per heavy atom. The number of carbonyl (C=O) groups is 1. The van der Waals surface area contributed by atoms with Gasteiger partial charge in [0.1, 0.15) is 5.75 Å². The SMILES string of the molecule is COc1ccc(Cl)cc1NC(=O)N1CCCC(c2nnc(-c3ccc(C(F)(F)F)cc3)o2)C1. The standard InChI is InChI=1S/C22H20ClF3N4O3/c1-32-18-9-8-16(23)11-17(18)27-21(31)30-10-2-3-14(12-30)20-29-28-19(33-20)13-4-6-15(7-5-13)22(24,25)26/h4-9,11,14H,2-3,10,12H2,1H3,(H,27,31). The maximum atomic E-state index is 12.8. The van der Waals surface area contributed by atoms with Crippen molar-refractivity contribution in [2.24, 2.45) is 0 Å². The molecule has 1 aromatic heterocycles. The lowest BCUT2D eigenvalue weighted by Crippen LogP contribution is -2.41. The number of ether oxygens (including phenoxy) is 1. The van der Waals surface area contributed by atoms with Crippen molar-refractivity contribution in [3.63, 3.8) is 0 Å². The second kappa shape index (κ2) is 9.30. The molecule has 0 saturated carbocycles. The molecule has 2 heterocycles. The number of carbonyl (C=O) groups excluding carboxylic acids is 1. The van der Waals surface area contributed by atoms with Crippen LogP contribution in [-0.2, 0) is 6.18 Å². The molecular formula is C22H20ClF3N4O3. The Bertz CT molecular complexity index is 1130. The van der Waals surface area contributed by atoms with E-state index in [-0.39, 0.29) is 17.8 Å². The number of halogens is 4. The molecule has 33 heavy (non-hydrogen) atoms. The molecule has 4 rings (SSSR count). The highest BCUT2D eigenvalue weighted by Crippen LogP contribution is 2.33.